The van der Waals surface area contributed by atoms with Crippen molar-refractivity contribution in [2.24, 2.45) is 0 Å². The lowest BCUT2D eigenvalue weighted by Crippen LogP contribution is -1.95. The largest absolute Gasteiger partial charge is 0.346 e. The zero-order valence-corrected chi connectivity index (χ0v) is 9.52. The number of rotatable bonds is 3. The molecule has 0 fully saturated rings. The van der Waals surface area contributed by atoms with Crippen LogP contribution in [0.2, 0.25) is 0 Å². The molecule has 0 amide bonds. The number of aryl methyl sites for hydroxylation is 1. The molecule has 0 aliphatic carbocycles. The van der Waals surface area contributed by atoms with Gasteiger partial charge in [-0.25, -0.2) is 4.98 Å². The number of imidazole rings is 1. The van der Waals surface area contributed by atoms with Crippen LogP contribution in [0.15, 0.2) is 6.20 Å². The number of nitrogens with zero attached hydrogens (tertiary/aromatic N) is 1. The quantitative estimate of drug-likeness (QED) is 0.759. The van der Waals surface area contributed by atoms with Gasteiger partial charge in [0.1, 0.15) is 5.82 Å². The third-order valence-electron chi connectivity index (χ3n) is 1.91. The van der Waals surface area contributed by atoms with Crippen LogP contribution in [0.1, 0.15) is 58.0 Å². The molecule has 0 spiro atoms. The number of aromatic amines is 1. The first kappa shape index (κ1) is 12.2. The summed E-state index contributed by atoms with van der Waals surface area (Å²) >= 11 is 0. The first-order chi connectivity index (χ1) is 6.24. The molecule has 0 saturated carbocycles. The minimum Gasteiger partial charge on any atom is -0.346 e. The predicted octanol–water partition coefficient (Wildman–Crippen LogP) is 3.65. The van der Waals surface area contributed by atoms with Crippen molar-refractivity contribution in [3.63, 3.8) is 0 Å². The van der Waals surface area contributed by atoms with Crippen molar-refractivity contribution in [1.29, 1.82) is 0 Å². The summed E-state index contributed by atoms with van der Waals surface area (Å²) in [5.74, 6) is 1.71. The molecule has 13 heavy (non-hydrogen) atoms. The molecule has 2 heteroatoms. The Morgan fingerprint density at radius 1 is 1.46 bits per heavy atom. The van der Waals surface area contributed by atoms with Gasteiger partial charge in [-0.1, -0.05) is 34.1 Å². The van der Waals surface area contributed by atoms with Gasteiger partial charge in [-0.3, -0.25) is 0 Å². The summed E-state index contributed by atoms with van der Waals surface area (Å²) < 4.78 is 0. The number of H-pyrrole nitrogens is 1. The Labute approximate surface area is 81.8 Å². The van der Waals surface area contributed by atoms with Crippen LogP contribution in [0.5, 0.6) is 0 Å². The Bertz CT molecular complexity index is 216. The van der Waals surface area contributed by atoms with Gasteiger partial charge in [0.25, 0.3) is 0 Å². The van der Waals surface area contributed by atoms with Gasteiger partial charge >= 0.3 is 0 Å². The molecule has 0 saturated heterocycles. The van der Waals surface area contributed by atoms with Crippen LogP contribution in [0.25, 0.3) is 0 Å². The van der Waals surface area contributed by atoms with Gasteiger partial charge < -0.3 is 4.98 Å². The Morgan fingerprint density at radius 3 is 2.46 bits per heavy atom. The number of hydrogen-bond acceptors (Lipinski definition) is 1. The molecule has 1 rings (SSSR count). The fourth-order valence-corrected chi connectivity index (χ4v) is 1.25. The molecule has 0 aliphatic heterocycles. The van der Waals surface area contributed by atoms with Gasteiger partial charge in [0, 0.05) is 17.8 Å². The third kappa shape index (κ3) is 4.11. The van der Waals surface area contributed by atoms with E-state index in [2.05, 4.69) is 23.8 Å². The van der Waals surface area contributed by atoms with Gasteiger partial charge in [0.05, 0.1) is 0 Å². The van der Waals surface area contributed by atoms with E-state index in [1.54, 1.807) is 0 Å². The summed E-state index contributed by atoms with van der Waals surface area (Å²) in [7, 11) is 0. The van der Waals surface area contributed by atoms with Crippen LogP contribution in [-0.4, -0.2) is 9.97 Å². The second-order valence-corrected chi connectivity index (χ2v) is 3.14. The van der Waals surface area contributed by atoms with Crippen molar-refractivity contribution in [1.82, 2.24) is 9.97 Å². The van der Waals surface area contributed by atoms with E-state index >= 15 is 0 Å². The molecule has 76 valence electrons. The SMILES string of the molecule is CC.CCCC(C)c1ncc(C)[nH]1. The second-order valence-electron chi connectivity index (χ2n) is 3.14. The average molecular weight is 182 g/mol. The summed E-state index contributed by atoms with van der Waals surface area (Å²) in [5, 5.41) is 0. The topological polar surface area (TPSA) is 28.7 Å². The Kier molecular flexibility index (Phi) is 6.29. The van der Waals surface area contributed by atoms with Gasteiger partial charge in [-0.15, -0.1) is 0 Å². The van der Waals surface area contributed by atoms with Gasteiger partial charge in [0.2, 0.25) is 0 Å². The fraction of sp³-hybridized carbons (Fsp3) is 0.727. The highest BCUT2D eigenvalue weighted by atomic mass is 14.9. The molecular weight excluding hydrogens is 160 g/mol. The first-order valence-corrected chi connectivity index (χ1v) is 5.25. The second kappa shape index (κ2) is 6.70. The van der Waals surface area contributed by atoms with E-state index in [1.807, 2.05) is 27.0 Å². The van der Waals surface area contributed by atoms with Crippen LogP contribution in [0.3, 0.4) is 0 Å². The van der Waals surface area contributed by atoms with Crippen molar-refractivity contribution in [3.05, 3.63) is 17.7 Å². The van der Waals surface area contributed by atoms with Crippen molar-refractivity contribution in [2.75, 3.05) is 0 Å². The lowest BCUT2D eigenvalue weighted by atomic mass is 10.1. The molecule has 1 aromatic heterocycles. The molecule has 0 aliphatic rings. The summed E-state index contributed by atoms with van der Waals surface area (Å²) in [6, 6.07) is 0. The monoisotopic (exact) mass is 182 g/mol. The normalized spacial score (nSPS) is 11.8. The minimum atomic E-state index is 0.577. The molecule has 0 bridgehead atoms. The third-order valence-corrected chi connectivity index (χ3v) is 1.91. The zero-order chi connectivity index (χ0) is 10.3. The zero-order valence-electron chi connectivity index (χ0n) is 9.52. The average Bonchev–Trinajstić information content (AvgIpc) is 2.56. The number of hydrogen-bond donors (Lipinski definition) is 1. The Hall–Kier alpha value is -0.790. The van der Waals surface area contributed by atoms with Gasteiger partial charge in [-0.2, -0.15) is 0 Å². The molecule has 0 aromatic carbocycles. The van der Waals surface area contributed by atoms with Gasteiger partial charge in [-0.05, 0) is 13.3 Å². The summed E-state index contributed by atoms with van der Waals surface area (Å²) in [6.07, 6.45) is 4.33. The molecule has 2 nitrogen and oxygen atoms in total. The predicted molar refractivity (Wildman–Crippen MR) is 58.0 cm³/mol. The van der Waals surface area contributed by atoms with Crippen LogP contribution in [-0.2, 0) is 0 Å². The number of nitrogens with one attached hydrogen (secondary N) is 1. The van der Waals surface area contributed by atoms with Crippen LogP contribution >= 0.6 is 0 Å². The van der Waals surface area contributed by atoms with E-state index in [0.717, 1.165) is 11.5 Å². The van der Waals surface area contributed by atoms with Crippen LogP contribution < -0.4 is 0 Å². The maximum Gasteiger partial charge on any atom is 0.109 e. The van der Waals surface area contributed by atoms with E-state index in [-0.39, 0.29) is 0 Å². The summed E-state index contributed by atoms with van der Waals surface area (Å²) in [6.45, 7) is 10.4. The van der Waals surface area contributed by atoms with Gasteiger partial charge in [0.15, 0.2) is 0 Å². The molecule has 1 unspecified atom stereocenters. The molecule has 1 heterocycles. The van der Waals surface area contributed by atoms with E-state index < -0.39 is 0 Å². The smallest absolute Gasteiger partial charge is 0.109 e. The maximum absolute atomic E-state index is 4.28. The lowest BCUT2D eigenvalue weighted by Gasteiger charge is -2.04. The standard InChI is InChI=1S/C9H16N2.C2H6/c1-4-5-7(2)9-10-6-8(3)11-9;1-2/h6-7H,4-5H2,1-3H3,(H,10,11);1-2H3. The molecule has 1 N–H and O–H groups in total. The highest BCUT2D eigenvalue weighted by Crippen LogP contribution is 2.16. The van der Waals surface area contributed by atoms with Crippen LogP contribution in [0, 0.1) is 6.92 Å². The molecule has 0 radical (unpaired) electrons. The highest BCUT2D eigenvalue weighted by molar-refractivity contribution is 5.02. The Balaban J connectivity index is 0.000000671. The van der Waals surface area contributed by atoms with Crippen molar-refractivity contribution in [3.8, 4) is 0 Å². The van der Waals surface area contributed by atoms with E-state index in [9.17, 15) is 0 Å². The number of aromatic nitrogens is 2. The maximum atomic E-state index is 4.28. The lowest BCUT2D eigenvalue weighted by molar-refractivity contribution is 0.633. The van der Waals surface area contributed by atoms with E-state index in [1.165, 1.54) is 12.8 Å². The van der Waals surface area contributed by atoms with Crippen LogP contribution in [0.4, 0.5) is 0 Å². The summed E-state index contributed by atoms with van der Waals surface area (Å²) in [5.41, 5.74) is 1.16. The minimum absolute atomic E-state index is 0.577. The van der Waals surface area contributed by atoms with Crippen molar-refractivity contribution < 1.29 is 0 Å². The van der Waals surface area contributed by atoms with E-state index in [0.29, 0.717) is 5.92 Å². The first-order valence-electron chi connectivity index (χ1n) is 5.25. The fourth-order valence-electron chi connectivity index (χ4n) is 1.25. The molecular formula is C11H22N2. The Morgan fingerprint density at radius 2 is 2.08 bits per heavy atom. The summed E-state index contributed by atoms with van der Waals surface area (Å²) in [4.78, 5) is 7.53. The van der Waals surface area contributed by atoms with E-state index in [4.69, 9.17) is 0 Å². The highest BCUT2D eigenvalue weighted by Gasteiger charge is 2.06. The van der Waals surface area contributed by atoms with Crippen molar-refractivity contribution in [2.45, 2.75) is 53.4 Å². The molecule has 1 aromatic rings. The van der Waals surface area contributed by atoms with Crippen molar-refractivity contribution >= 4 is 0 Å². The molecule has 1 atom stereocenters.